The first-order valence-corrected chi connectivity index (χ1v) is 8.42. The summed E-state index contributed by atoms with van der Waals surface area (Å²) < 4.78 is 0. The number of nitrogens with zero attached hydrogens (tertiary/aromatic N) is 3. The molecule has 0 radical (unpaired) electrons. The monoisotopic (exact) mass is 309 g/mol. The van der Waals surface area contributed by atoms with Crippen LogP contribution in [-0.2, 0) is 0 Å². The molecule has 1 saturated heterocycles. The number of carbonyl (C=O) groups excluding carboxylic acids is 1. The van der Waals surface area contributed by atoms with Crippen molar-refractivity contribution in [2.24, 2.45) is 0 Å². The molecule has 0 bridgehead atoms. The van der Waals surface area contributed by atoms with E-state index >= 15 is 0 Å². The molecule has 21 heavy (non-hydrogen) atoms. The molecule has 2 fully saturated rings. The summed E-state index contributed by atoms with van der Waals surface area (Å²) >= 11 is 1.36. The van der Waals surface area contributed by atoms with Crippen molar-refractivity contribution in [3.8, 4) is 0 Å². The molecule has 116 valence electrons. The van der Waals surface area contributed by atoms with Gasteiger partial charge in [-0.25, -0.2) is 4.98 Å². The van der Waals surface area contributed by atoms with Crippen LogP contribution in [0.5, 0.6) is 0 Å². The lowest BCUT2D eigenvalue weighted by Crippen LogP contribution is -2.49. The van der Waals surface area contributed by atoms with Crippen LogP contribution in [0.1, 0.15) is 36.4 Å². The summed E-state index contributed by atoms with van der Waals surface area (Å²) in [7, 11) is 0. The number of hydrogen-bond acceptors (Lipinski definition) is 6. The van der Waals surface area contributed by atoms with Crippen LogP contribution in [0.25, 0.3) is 0 Å². The number of thiazole rings is 1. The molecule has 1 saturated carbocycles. The van der Waals surface area contributed by atoms with E-state index in [0.717, 1.165) is 37.4 Å². The summed E-state index contributed by atoms with van der Waals surface area (Å²) in [6.07, 6.45) is 2.64. The quantitative estimate of drug-likeness (QED) is 0.881. The number of anilines is 2. The van der Waals surface area contributed by atoms with Crippen LogP contribution in [-0.4, -0.2) is 59.0 Å². The molecule has 1 aromatic rings. The molecule has 1 amide bonds. The highest BCUT2D eigenvalue weighted by Crippen LogP contribution is 2.29. The second-order valence-corrected chi connectivity index (χ2v) is 7.09. The second kappa shape index (κ2) is 5.81. The molecular formula is C14H23N5OS. The highest BCUT2D eigenvalue weighted by molar-refractivity contribution is 7.18. The van der Waals surface area contributed by atoms with Gasteiger partial charge in [0.25, 0.3) is 5.91 Å². The van der Waals surface area contributed by atoms with Crippen molar-refractivity contribution >= 4 is 28.2 Å². The van der Waals surface area contributed by atoms with Gasteiger partial charge in [-0.3, -0.25) is 9.69 Å². The standard InChI is InChI=1S/C14H23N5OS/c1-9(2)16-14-17-12(15)11(21-14)13(20)19-7-5-18(6-8-19)10-3-4-10/h9-10H,3-8,15H2,1-2H3,(H,16,17). The zero-order valence-corrected chi connectivity index (χ0v) is 13.4. The van der Waals surface area contributed by atoms with Gasteiger partial charge in [0.1, 0.15) is 10.7 Å². The fourth-order valence-corrected chi connectivity index (χ4v) is 3.67. The van der Waals surface area contributed by atoms with E-state index in [9.17, 15) is 4.79 Å². The Kier molecular flexibility index (Phi) is 4.03. The molecule has 7 heteroatoms. The van der Waals surface area contributed by atoms with Gasteiger partial charge in [-0.15, -0.1) is 0 Å². The van der Waals surface area contributed by atoms with E-state index in [4.69, 9.17) is 5.73 Å². The third-order valence-electron chi connectivity index (χ3n) is 3.92. The van der Waals surface area contributed by atoms with Gasteiger partial charge in [0, 0.05) is 38.3 Å². The number of amides is 1. The maximum absolute atomic E-state index is 12.6. The third-order valence-corrected chi connectivity index (χ3v) is 4.91. The van der Waals surface area contributed by atoms with Crippen molar-refractivity contribution in [2.45, 2.75) is 38.8 Å². The van der Waals surface area contributed by atoms with Crippen molar-refractivity contribution in [1.29, 1.82) is 0 Å². The Hall–Kier alpha value is -1.34. The Bertz CT molecular complexity index is 517. The number of hydrogen-bond donors (Lipinski definition) is 2. The molecule has 1 aliphatic heterocycles. The van der Waals surface area contributed by atoms with Crippen LogP contribution < -0.4 is 11.1 Å². The van der Waals surface area contributed by atoms with Crippen LogP contribution >= 0.6 is 11.3 Å². The average Bonchev–Trinajstić information content (AvgIpc) is 3.22. The molecule has 2 aliphatic rings. The summed E-state index contributed by atoms with van der Waals surface area (Å²) in [5, 5.41) is 3.93. The molecule has 3 rings (SSSR count). The van der Waals surface area contributed by atoms with Gasteiger partial charge >= 0.3 is 0 Å². The van der Waals surface area contributed by atoms with Crippen LogP contribution in [0.2, 0.25) is 0 Å². The molecule has 0 unspecified atom stereocenters. The number of carbonyl (C=O) groups is 1. The summed E-state index contributed by atoms with van der Waals surface area (Å²) in [6, 6.07) is 1.05. The van der Waals surface area contributed by atoms with E-state index in [1.54, 1.807) is 0 Å². The molecule has 3 N–H and O–H groups in total. The number of rotatable bonds is 4. The fraction of sp³-hybridized carbons (Fsp3) is 0.714. The van der Waals surface area contributed by atoms with Crippen molar-refractivity contribution in [1.82, 2.24) is 14.8 Å². The van der Waals surface area contributed by atoms with E-state index in [1.165, 1.54) is 24.2 Å². The SMILES string of the molecule is CC(C)Nc1nc(N)c(C(=O)N2CCN(C3CC3)CC2)s1. The van der Waals surface area contributed by atoms with E-state index in [-0.39, 0.29) is 11.9 Å². The van der Waals surface area contributed by atoms with Gasteiger partial charge in [-0.05, 0) is 26.7 Å². The highest BCUT2D eigenvalue weighted by atomic mass is 32.1. The Morgan fingerprint density at radius 3 is 2.57 bits per heavy atom. The van der Waals surface area contributed by atoms with Gasteiger partial charge in [-0.2, -0.15) is 0 Å². The lowest BCUT2D eigenvalue weighted by atomic mass is 10.3. The first kappa shape index (κ1) is 14.6. The van der Waals surface area contributed by atoms with E-state index in [2.05, 4.69) is 15.2 Å². The van der Waals surface area contributed by atoms with Gasteiger partial charge in [0.05, 0.1) is 0 Å². The number of aromatic nitrogens is 1. The Morgan fingerprint density at radius 1 is 1.33 bits per heavy atom. The largest absolute Gasteiger partial charge is 0.382 e. The van der Waals surface area contributed by atoms with Crippen molar-refractivity contribution in [3.63, 3.8) is 0 Å². The van der Waals surface area contributed by atoms with Crippen LogP contribution in [0.4, 0.5) is 10.9 Å². The smallest absolute Gasteiger partial charge is 0.267 e. The fourth-order valence-electron chi connectivity index (χ4n) is 2.67. The van der Waals surface area contributed by atoms with Crippen LogP contribution in [0.3, 0.4) is 0 Å². The van der Waals surface area contributed by atoms with Crippen molar-refractivity contribution in [3.05, 3.63) is 4.88 Å². The average molecular weight is 309 g/mol. The minimum Gasteiger partial charge on any atom is -0.382 e. The second-order valence-electron chi connectivity index (χ2n) is 6.09. The summed E-state index contributed by atoms with van der Waals surface area (Å²) in [5.74, 6) is 0.370. The van der Waals surface area contributed by atoms with E-state index < -0.39 is 0 Å². The Labute approximate surface area is 129 Å². The molecule has 0 aromatic carbocycles. The summed E-state index contributed by atoms with van der Waals surface area (Å²) in [6.45, 7) is 7.62. The van der Waals surface area contributed by atoms with Crippen LogP contribution in [0.15, 0.2) is 0 Å². The zero-order chi connectivity index (χ0) is 15.0. The lowest BCUT2D eigenvalue weighted by molar-refractivity contribution is 0.0633. The molecule has 1 aliphatic carbocycles. The molecule has 0 atom stereocenters. The molecule has 0 spiro atoms. The van der Waals surface area contributed by atoms with Gasteiger partial charge in [-0.1, -0.05) is 11.3 Å². The van der Waals surface area contributed by atoms with Gasteiger partial charge in [0.15, 0.2) is 5.13 Å². The first-order chi connectivity index (χ1) is 10.0. The maximum Gasteiger partial charge on any atom is 0.267 e. The van der Waals surface area contributed by atoms with E-state index in [1.807, 2.05) is 18.7 Å². The molecule has 6 nitrogen and oxygen atoms in total. The predicted octanol–water partition coefficient (Wildman–Crippen LogP) is 1.47. The number of nitrogens with one attached hydrogen (secondary N) is 1. The Morgan fingerprint density at radius 2 is 2.00 bits per heavy atom. The van der Waals surface area contributed by atoms with Gasteiger partial charge in [0.2, 0.25) is 0 Å². The number of piperazine rings is 1. The minimum absolute atomic E-state index is 0.0252. The third kappa shape index (κ3) is 3.29. The van der Waals surface area contributed by atoms with E-state index in [0.29, 0.717) is 10.7 Å². The minimum atomic E-state index is 0.0252. The summed E-state index contributed by atoms with van der Waals surface area (Å²) in [5.41, 5.74) is 5.91. The number of nitrogen functional groups attached to an aromatic ring is 1. The van der Waals surface area contributed by atoms with Crippen molar-refractivity contribution < 1.29 is 4.79 Å². The lowest BCUT2D eigenvalue weighted by Gasteiger charge is -2.34. The highest BCUT2D eigenvalue weighted by Gasteiger charge is 2.33. The van der Waals surface area contributed by atoms with Gasteiger partial charge < -0.3 is 16.0 Å². The molecular weight excluding hydrogens is 286 g/mol. The topological polar surface area (TPSA) is 74.5 Å². The van der Waals surface area contributed by atoms with Crippen molar-refractivity contribution in [2.75, 3.05) is 37.2 Å². The Balaban J connectivity index is 1.63. The number of nitrogens with two attached hydrogens (primary N) is 1. The molecule has 2 heterocycles. The normalized spacial score (nSPS) is 20.0. The zero-order valence-electron chi connectivity index (χ0n) is 12.6. The first-order valence-electron chi connectivity index (χ1n) is 7.60. The van der Waals surface area contributed by atoms with Crippen LogP contribution in [0, 0.1) is 0 Å². The summed E-state index contributed by atoms with van der Waals surface area (Å²) in [4.78, 5) is 21.8. The maximum atomic E-state index is 12.6. The predicted molar refractivity (Wildman–Crippen MR) is 85.8 cm³/mol. The molecule has 1 aromatic heterocycles.